The summed E-state index contributed by atoms with van der Waals surface area (Å²) in [4.78, 5) is 26.6. The Morgan fingerprint density at radius 1 is 1.11 bits per heavy atom. The molecule has 8 atom stereocenters. The van der Waals surface area contributed by atoms with E-state index in [0.717, 1.165) is 44.1 Å². The van der Waals surface area contributed by atoms with E-state index in [1.165, 1.54) is 0 Å². The third-order valence-electron chi connectivity index (χ3n) is 9.51. The van der Waals surface area contributed by atoms with Gasteiger partial charge in [-0.15, -0.1) is 0 Å². The Bertz CT molecular complexity index is 754. The maximum absolute atomic E-state index is 13.7. The van der Waals surface area contributed by atoms with Gasteiger partial charge in [-0.25, -0.2) is 0 Å². The molecule has 5 fully saturated rings. The predicted octanol–water partition coefficient (Wildman–Crippen LogP) is 4.46. The average molecular weight is 387 g/mol. The molecule has 5 aliphatic rings. The first-order valence-electron chi connectivity index (χ1n) is 11.3. The number of rotatable bonds is 2. The second kappa shape index (κ2) is 5.78. The van der Waals surface area contributed by atoms with Crippen molar-refractivity contribution in [2.75, 3.05) is 0 Å². The monoisotopic (exact) mass is 386 g/mol. The van der Waals surface area contributed by atoms with Crippen molar-refractivity contribution in [3.8, 4) is 0 Å². The van der Waals surface area contributed by atoms with E-state index in [4.69, 9.17) is 9.47 Å². The van der Waals surface area contributed by atoms with Gasteiger partial charge in [-0.1, -0.05) is 40.7 Å². The van der Waals surface area contributed by atoms with Crippen LogP contribution < -0.4 is 0 Å². The van der Waals surface area contributed by atoms with Crippen LogP contribution in [0, 0.1) is 34.0 Å². The van der Waals surface area contributed by atoms with Gasteiger partial charge < -0.3 is 9.47 Å². The second-order valence-electron chi connectivity index (χ2n) is 10.9. The molecule has 5 rings (SSSR count). The lowest BCUT2D eigenvalue weighted by molar-refractivity contribution is -0.343. The summed E-state index contributed by atoms with van der Waals surface area (Å²) in [5.41, 5.74) is -0.193. The van der Waals surface area contributed by atoms with Crippen molar-refractivity contribution in [2.24, 2.45) is 34.0 Å². The van der Waals surface area contributed by atoms with Crippen molar-refractivity contribution < 1.29 is 19.1 Å². The lowest BCUT2D eigenvalue weighted by Gasteiger charge is -2.67. The van der Waals surface area contributed by atoms with Gasteiger partial charge in [-0.05, 0) is 54.9 Å². The summed E-state index contributed by atoms with van der Waals surface area (Å²) in [7, 11) is 0. The summed E-state index contributed by atoms with van der Waals surface area (Å²) in [6.07, 6.45) is 5.67. The number of carbonyl (C=O) groups is 2. The third kappa shape index (κ3) is 1.99. The number of fused-ring (bicyclic) bond motifs is 2. The van der Waals surface area contributed by atoms with Crippen molar-refractivity contribution in [3.63, 3.8) is 0 Å². The van der Waals surface area contributed by atoms with Gasteiger partial charge >= 0.3 is 0 Å². The molecule has 154 valence electrons. The molecule has 0 aromatic carbocycles. The van der Waals surface area contributed by atoms with Crippen LogP contribution in [-0.4, -0.2) is 30.1 Å². The Morgan fingerprint density at radius 2 is 1.86 bits per heavy atom. The molecule has 2 bridgehead atoms. The van der Waals surface area contributed by atoms with Crippen molar-refractivity contribution in [1.82, 2.24) is 0 Å². The molecule has 1 heterocycles. The quantitative estimate of drug-likeness (QED) is 0.658. The van der Waals surface area contributed by atoms with E-state index in [0.29, 0.717) is 12.2 Å². The molecule has 0 aromatic heterocycles. The van der Waals surface area contributed by atoms with Gasteiger partial charge in [0.05, 0.1) is 17.6 Å². The first kappa shape index (κ1) is 19.0. The molecule has 0 aromatic rings. The van der Waals surface area contributed by atoms with Crippen LogP contribution >= 0.6 is 0 Å². The molecule has 1 saturated heterocycles. The zero-order valence-corrected chi connectivity index (χ0v) is 17.8. The number of ether oxygens (including phenoxy) is 2. The molecular formula is C24H34O4. The first-order valence-corrected chi connectivity index (χ1v) is 11.3. The van der Waals surface area contributed by atoms with Crippen LogP contribution in [0.15, 0.2) is 12.2 Å². The smallest absolute Gasteiger partial charge is 0.170 e. The SMILES string of the molecule is C=C1C(=O)[C@@]23[C@@H]4OC(CCC)O[C@@H]2C[C@@H]2C(C)(C)C(=O)CC[C@@]2(C)[C@@H]3CC[C@@H]14. The van der Waals surface area contributed by atoms with Crippen LogP contribution in [0.2, 0.25) is 0 Å². The number of hydrogen-bond acceptors (Lipinski definition) is 4. The number of ketones is 2. The van der Waals surface area contributed by atoms with Gasteiger partial charge in [0.15, 0.2) is 12.1 Å². The predicted molar refractivity (Wildman–Crippen MR) is 105 cm³/mol. The molecule has 4 aliphatic carbocycles. The Morgan fingerprint density at radius 3 is 2.57 bits per heavy atom. The summed E-state index contributed by atoms with van der Waals surface area (Å²) < 4.78 is 13.0. The zero-order valence-electron chi connectivity index (χ0n) is 17.8. The molecule has 1 spiro atoms. The molecule has 0 radical (unpaired) electrons. The summed E-state index contributed by atoms with van der Waals surface area (Å²) in [5, 5.41) is 0. The molecule has 0 N–H and O–H groups in total. The highest BCUT2D eigenvalue weighted by molar-refractivity contribution is 6.04. The maximum atomic E-state index is 13.7. The molecule has 0 amide bonds. The van der Waals surface area contributed by atoms with E-state index in [1.54, 1.807) is 0 Å². The highest BCUT2D eigenvalue weighted by Crippen LogP contribution is 2.72. The minimum atomic E-state index is -0.577. The van der Waals surface area contributed by atoms with Crippen LogP contribution in [0.25, 0.3) is 0 Å². The molecule has 28 heavy (non-hydrogen) atoms. The van der Waals surface area contributed by atoms with Gasteiger partial charge in [0, 0.05) is 17.8 Å². The van der Waals surface area contributed by atoms with Crippen molar-refractivity contribution in [3.05, 3.63) is 12.2 Å². The van der Waals surface area contributed by atoms with Crippen LogP contribution in [0.1, 0.15) is 72.6 Å². The summed E-state index contributed by atoms with van der Waals surface area (Å²) in [6.45, 7) is 13.0. The van der Waals surface area contributed by atoms with E-state index < -0.39 is 5.41 Å². The number of hydrogen-bond donors (Lipinski definition) is 0. The zero-order chi connectivity index (χ0) is 20.1. The van der Waals surface area contributed by atoms with Gasteiger partial charge in [0.25, 0.3) is 0 Å². The van der Waals surface area contributed by atoms with Crippen LogP contribution in [0.3, 0.4) is 0 Å². The largest absolute Gasteiger partial charge is 0.348 e. The fourth-order valence-electron chi connectivity index (χ4n) is 8.20. The minimum absolute atomic E-state index is 0.0261. The molecule has 1 aliphatic heterocycles. The molecular weight excluding hydrogens is 352 g/mol. The molecule has 4 saturated carbocycles. The standard InChI is InChI=1S/C24H34O4/c1-6-7-19-27-18-12-16-22(3,4)17(25)10-11-23(16,5)15-9-8-14-13(2)20(26)24(15,18)21(14)28-19/h14-16,18-19,21H,2,6-12H2,1,3-5H3/t14-,15-,16+,18+,19?,21+,23-,24-/m0/s1. The van der Waals surface area contributed by atoms with Crippen LogP contribution in [0.4, 0.5) is 0 Å². The second-order valence-corrected chi connectivity index (χ2v) is 10.9. The van der Waals surface area contributed by atoms with E-state index >= 15 is 0 Å². The lowest BCUT2D eigenvalue weighted by atomic mass is 9.39. The normalized spacial score (nSPS) is 51.6. The molecule has 4 heteroatoms. The minimum Gasteiger partial charge on any atom is -0.348 e. The van der Waals surface area contributed by atoms with Crippen LogP contribution in [-0.2, 0) is 19.1 Å². The molecule has 1 unspecified atom stereocenters. The lowest BCUT2D eigenvalue weighted by Crippen LogP contribution is -2.71. The topological polar surface area (TPSA) is 52.6 Å². The number of carbonyl (C=O) groups excluding carboxylic acids is 2. The Balaban J connectivity index is 1.66. The fraction of sp³-hybridized carbons (Fsp3) is 0.833. The van der Waals surface area contributed by atoms with Crippen LogP contribution in [0.5, 0.6) is 0 Å². The fourth-order valence-corrected chi connectivity index (χ4v) is 8.20. The van der Waals surface area contributed by atoms with Gasteiger partial charge in [0.2, 0.25) is 0 Å². The van der Waals surface area contributed by atoms with Gasteiger partial charge in [-0.2, -0.15) is 0 Å². The Kier molecular flexibility index (Phi) is 3.92. The first-order chi connectivity index (χ1) is 13.2. The third-order valence-corrected chi connectivity index (χ3v) is 9.51. The van der Waals surface area contributed by atoms with Gasteiger partial charge in [-0.3, -0.25) is 9.59 Å². The Labute approximate surface area is 168 Å². The van der Waals surface area contributed by atoms with E-state index in [2.05, 4.69) is 34.3 Å². The highest BCUT2D eigenvalue weighted by atomic mass is 16.7. The highest BCUT2D eigenvalue weighted by Gasteiger charge is 2.76. The summed E-state index contributed by atoms with van der Waals surface area (Å²) in [5.74, 6) is 1.19. The summed E-state index contributed by atoms with van der Waals surface area (Å²) >= 11 is 0. The average Bonchev–Trinajstić information content (AvgIpc) is 2.78. The summed E-state index contributed by atoms with van der Waals surface area (Å²) in [6, 6.07) is 0. The maximum Gasteiger partial charge on any atom is 0.170 e. The number of Topliss-reactive ketones (excluding diaryl/α,β-unsaturated/α-hetero) is 2. The van der Waals surface area contributed by atoms with E-state index in [9.17, 15) is 9.59 Å². The Hall–Kier alpha value is -1.00. The van der Waals surface area contributed by atoms with Crippen molar-refractivity contribution in [1.29, 1.82) is 0 Å². The van der Waals surface area contributed by atoms with Crippen molar-refractivity contribution >= 4 is 11.6 Å². The van der Waals surface area contributed by atoms with E-state index in [-0.39, 0.29) is 52.9 Å². The molecule has 4 nitrogen and oxygen atoms in total. The van der Waals surface area contributed by atoms with Crippen molar-refractivity contribution in [2.45, 2.75) is 91.1 Å². The van der Waals surface area contributed by atoms with E-state index in [1.807, 2.05) is 0 Å². The van der Waals surface area contributed by atoms with Gasteiger partial charge in [0.1, 0.15) is 5.78 Å².